The second-order valence-corrected chi connectivity index (χ2v) is 4.76. The molecule has 0 spiro atoms. The van der Waals surface area contributed by atoms with Crippen LogP contribution in [0.1, 0.15) is 19.8 Å². The van der Waals surface area contributed by atoms with Gasteiger partial charge >= 0.3 is 0 Å². The Kier molecular flexibility index (Phi) is 9.76. The number of carbonyl (C=O) groups is 2. The number of carbonyl (C=O) groups excluding carboxylic acids is 2. The van der Waals surface area contributed by atoms with Gasteiger partial charge in [-0.15, -0.1) is 12.4 Å². The zero-order valence-electron chi connectivity index (χ0n) is 13.5. The Morgan fingerprint density at radius 1 is 1.17 bits per heavy atom. The molecule has 4 N–H and O–H groups in total. The van der Waals surface area contributed by atoms with Crippen molar-refractivity contribution in [3.63, 3.8) is 0 Å². The van der Waals surface area contributed by atoms with Gasteiger partial charge in [-0.3, -0.25) is 9.59 Å². The topological polar surface area (TPSA) is 103 Å². The van der Waals surface area contributed by atoms with E-state index in [1.807, 2.05) is 6.92 Å². The molecule has 2 amide bonds. The number of methoxy groups -OCH3 is 2. The quantitative estimate of drug-likeness (QED) is 0.659. The highest BCUT2D eigenvalue weighted by Gasteiger charge is 2.13. The highest BCUT2D eigenvalue weighted by molar-refractivity contribution is 5.95. The zero-order chi connectivity index (χ0) is 16.5. The summed E-state index contributed by atoms with van der Waals surface area (Å²) in [6.07, 6.45) is 1.39. The van der Waals surface area contributed by atoms with E-state index < -0.39 is 6.04 Å². The smallest absolute Gasteiger partial charge is 0.243 e. The molecule has 0 aliphatic heterocycles. The van der Waals surface area contributed by atoms with E-state index in [4.69, 9.17) is 15.2 Å². The summed E-state index contributed by atoms with van der Waals surface area (Å²) in [5, 5.41) is 5.17. The molecule has 8 heteroatoms. The van der Waals surface area contributed by atoms with E-state index in [0.29, 0.717) is 23.6 Å². The average Bonchev–Trinajstić information content (AvgIpc) is 2.52. The zero-order valence-corrected chi connectivity index (χ0v) is 14.4. The Morgan fingerprint density at radius 3 is 2.22 bits per heavy atom. The summed E-state index contributed by atoms with van der Waals surface area (Å²) in [6.45, 7) is 1.80. The molecule has 1 aromatic rings. The molecule has 0 aromatic heterocycles. The molecule has 0 saturated carbocycles. The SMILES string of the molecule is CCCC(N)C(=O)NCC(=O)Nc1cc(OC)cc(OC)c1.Cl. The van der Waals surface area contributed by atoms with Crippen molar-refractivity contribution in [2.24, 2.45) is 5.73 Å². The summed E-state index contributed by atoms with van der Waals surface area (Å²) in [5.74, 6) is 0.430. The lowest BCUT2D eigenvalue weighted by atomic mass is 10.2. The van der Waals surface area contributed by atoms with Gasteiger partial charge < -0.3 is 25.8 Å². The molecular formula is C15H24ClN3O4. The number of ether oxygens (including phenoxy) is 2. The first-order chi connectivity index (χ1) is 10.5. The molecule has 1 rings (SSSR count). The van der Waals surface area contributed by atoms with Crippen molar-refractivity contribution in [1.82, 2.24) is 5.32 Å². The van der Waals surface area contributed by atoms with Crippen LogP contribution in [-0.2, 0) is 9.59 Å². The van der Waals surface area contributed by atoms with Crippen LogP contribution in [0.25, 0.3) is 0 Å². The lowest BCUT2D eigenvalue weighted by Crippen LogP contribution is -2.43. The van der Waals surface area contributed by atoms with Crippen molar-refractivity contribution >= 4 is 29.9 Å². The summed E-state index contributed by atoms with van der Waals surface area (Å²) >= 11 is 0. The molecule has 0 aliphatic carbocycles. The molecule has 0 fully saturated rings. The molecule has 0 bridgehead atoms. The Labute approximate surface area is 142 Å². The second kappa shape index (κ2) is 10.7. The van der Waals surface area contributed by atoms with Crippen LogP contribution >= 0.6 is 12.4 Å². The summed E-state index contributed by atoms with van der Waals surface area (Å²) in [4.78, 5) is 23.5. The first kappa shape index (κ1) is 21.0. The van der Waals surface area contributed by atoms with Crippen LogP contribution in [0.15, 0.2) is 18.2 Å². The maximum Gasteiger partial charge on any atom is 0.243 e. The van der Waals surface area contributed by atoms with Gasteiger partial charge in [-0.05, 0) is 6.42 Å². The maximum atomic E-state index is 11.8. The predicted molar refractivity (Wildman–Crippen MR) is 91.3 cm³/mol. The van der Waals surface area contributed by atoms with Gasteiger partial charge in [0.1, 0.15) is 11.5 Å². The van der Waals surface area contributed by atoms with Crippen molar-refractivity contribution in [1.29, 1.82) is 0 Å². The molecule has 0 heterocycles. The van der Waals surface area contributed by atoms with Crippen LogP contribution in [-0.4, -0.2) is 38.6 Å². The number of hydrogen-bond acceptors (Lipinski definition) is 5. The Bertz CT molecular complexity index is 503. The fourth-order valence-electron chi connectivity index (χ4n) is 1.83. The van der Waals surface area contributed by atoms with Crippen LogP contribution in [0.5, 0.6) is 11.5 Å². The van der Waals surface area contributed by atoms with Gasteiger partial charge in [-0.25, -0.2) is 0 Å². The molecule has 130 valence electrons. The average molecular weight is 346 g/mol. The number of hydrogen-bond donors (Lipinski definition) is 3. The highest BCUT2D eigenvalue weighted by atomic mass is 35.5. The summed E-state index contributed by atoms with van der Waals surface area (Å²) in [6, 6.07) is 4.42. The second-order valence-electron chi connectivity index (χ2n) is 4.76. The first-order valence-electron chi connectivity index (χ1n) is 7.06. The molecule has 1 aromatic carbocycles. The Morgan fingerprint density at radius 2 is 1.74 bits per heavy atom. The van der Waals surface area contributed by atoms with E-state index in [9.17, 15) is 9.59 Å². The third-order valence-corrected chi connectivity index (χ3v) is 2.99. The van der Waals surface area contributed by atoms with E-state index in [1.165, 1.54) is 14.2 Å². The molecule has 0 radical (unpaired) electrons. The van der Waals surface area contributed by atoms with Gasteiger partial charge in [-0.2, -0.15) is 0 Å². The molecule has 23 heavy (non-hydrogen) atoms. The third-order valence-electron chi connectivity index (χ3n) is 2.99. The van der Waals surface area contributed by atoms with E-state index in [-0.39, 0.29) is 30.8 Å². The van der Waals surface area contributed by atoms with Gasteiger partial charge in [0.05, 0.1) is 26.8 Å². The lowest BCUT2D eigenvalue weighted by Gasteiger charge is -2.12. The van der Waals surface area contributed by atoms with E-state index in [1.54, 1.807) is 18.2 Å². The van der Waals surface area contributed by atoms with Crippen molar-refractivity contribution < 1.29 is 19.1 Å². The fraction of sp³-hybridized carbons (Fsp3) is 0.467. The third kappa shape index (κ3) is 7.21. The number of halogens is 1. The van der Waals surface area contributed by atoms with E-state index >= 15 is 0 Å². The lowest BCUT2D eigenvalue weighted by molar-refractivity contribution is -0.125. The minimum Gasteiger partial charge on any atom is -0.497 e. The summed E-state index contributed by atoms with van der Waals surface area (Å²) < 4.78 is 10.2. The van der Waals surface area contributed by atoms with Crippen LogP contribution < -0.4 is 25.8 Å². The number of nitrogens with one attached hydrogen (secondary N) is 2. The van der Waals surface area contributed by atoms with Crippen molar-refractivity contribution in [2.45, 2.75) is 25.8 Å². The van der Waals surface area contributed by atoms with Gasteiger partial charge in [0.15, 0.2) is 0 Å². The summed E-state index contributed by atoms with van der Waals surface area (Å²) in [5.41, 5.74) is 6.19. The number of anilines is 1. The van der Waals surface area contributed by atoms with Crippen molar-refractivity contribution in [3.8, 4) is 11.5 Å². The normalized spacial score (nSPS) is 11.0. The van der Waals surface area contributed by atoms with Gasteiger partial charge in [-0.1, -0.05) is 13.3 Å². The Hall–Kier alpha value is -1.99. The Balaban J connectivity index is 0.00000484. The van der Waals surface area contributed by atoms with Gasteiger partial charge in [0, 0.05) is 23.9 Å². The largest absolute Gasteiger partial charge is 0.497 e. The fourth-order valence-corrected chi connectivity index (χ4v) is 1.83. The van der Waals surface area contributed by atoms with E-state index in [0.717, 1.165) is 6.42 Å². The number of nitrogens with two attached hydrogens (primary N) is 1. The van der Waals surface area contributed by atoms with E-state index in [2.05, 4.69) is 10.6 Å². The minimum absolute atomic E-state index is 0. The van der Waals surface area contributed by atoms with Gasteiger partial charge in [0.2, 0.25) is 11.8 Å². The van der Waals surface area contributed by atoms with Crippen LogP contribution in [0, 0.1) is 0 Å². The molecular weight excluding hydrogens is 322 g/mol. The molecule has 7 nitrogen and oxygen atoms in total. The first-order valence-corrected chi connectivity index (χ1v) is 7.06. The van der Waals surface area contributed by atoms with Crippen LogP contribution in [0.3, 0.4) is 0 Å². The molecule has 1 unspecified atom stereocenters. The number of rotatable bonds is 8. The molecule has 0 saturated heterocycles. The van der Waals surface area contributed by atoms with Crippen molar-refractivity contribution in [2.75, 3.05) is 26.1 Å². The van der Waals surface area contributed by atoms with Crippen LogP contribution in [0.4, 0.5) is 5.69 Å². The maximum absolute atomic E-state index is 11.8. The minimum atomic E-state index is -0.588. The van der Waals surface area contributed by atoms with Gasteiger partial charge in [0.25, 0.3) is 0 Å². The number of benzene rings is 1. The standard InChI is InChI=1S/C15H23N3O4.ClH/c1-4-5-13(16)15(20)17-9-14(19)18-10-6-11(21-2)8-12(7-10)22-3;/h6-8,13H,4-5,9,16H2,1-3H3,(H,17,20)(H,18,19);1H. The molecule has 0 aliphatic rings. The monoisotopic (exact) mass is 345 g/mol. The van der Waals surface area contributed by atoms with Crippen molar-refractivity contribution in [3.05, 3.63) is 18.2 Å². The predicted octanol–water partition coefficient (Wildman–Crippen LogP) is 1.31. The summed E-state index contributed by atoms with van der Waals surface area (Å²) in [7, 11) is 3.05. The molecule has 1 atom stereocenters. The number of amides is 2. The highest BCUT2D eigenvalue weighted by Crippen LogP contribution is 2.25. The van der Waals surface area contributed by atoms with Crippen LogP contribution in [0.2, 0.25) is 0 Å².